The van der Waals surface area contributed by atoms with Crippen molar-refractivity contribution in [3.8, 4) is 23.0 Å². The van der Waals surface area contributed by atoms with Gasteiger partial charge < -0.3 is 19.1 Å². The fourth-order valence-corrected chi connectivity index (χ4v) is 4.01. The second-order valence-corrected chi connectivity index (χ2v) is 9.30. The molecule has 34 heavy (non-hydrogen) atoms. The predicted octanol–water partition coefficient (Wildman–Crippen LogP) is 4.94. The van der Waals surface area contributed by atoms with E-state index >= 15 is 0 Å². The van der Waals surface area contributed by atoms with Crippen molar-refractivity contribution in [2.24, 2.45) is 0 Å². The zero-order chi connectivity index (χ0) is 23.7. The van der Waals surface area contributed by atoms with Gasteiger partial charge in [0.05, 0.1) is 23.9 Å². The standard InChI is InChI=1S/C24H23Cl2N5O3/c1-24(6-7-24)34-23-20-22(28-14-29-23)31(13-16-11-15(25)5-8-27-16)21(30-20)18-4-3-17(12-19(18)26)33-10-2-9-32/h3-5,8,11-12,14,32H,2,6-7,9-10,13H2,1H3. The van der Waals surface area contributed by atoms with Gasteiger partial charge in [0.1, 0.15) is 23.5 Å². The van der Waals surface area contributed by atoms with Crippen molar-refractivity contribution in [3.05, 3.63) is 58.6 Å². The average molecular weight is 500 g/mol. The van der Waals surface area contributed by atoms with Crippen LogP contribution in [0.3, 0.4) is 0 Å². The van der Waals surface area contributed by atoms with E-state index < -0.39 is 0 Å². The summed E-state index contributed by atoms with van der Waals surface area (Å²) in [6.07, 6.45) is 5.64. The molecule has 176 valence electrons. The third-order valence-electron chi connectivity index (χ3n) is 5.65. The summed E-state index contributed by atoms with van der Waals surface area (Å²) in [5, 5.41) is 10.0. The first-order valence-electron chi connectivity index (χ1n) is 11.0. The lowest BCUT2D eigenvalue weighted by Crippen LogP contribution is -2.13. The van der Waals surface area contributed by atoms with Crippen LogP contribution in [0.5, 0.6) is 11.6 Å². The molecule has 1 aliphatic carbocycles. The van der Waals surface area contributed by atoms with Gasteiger partial charge in [-0.1, -0.05) is 23.2 Å². The van der Waals surface area contributed by atoms with Gasteiger partial charge in [-0.25, -0.2) is 9.97 Å². The Balaban J connectivity index is 1.60. The van der Waals surface area contributed by atoms with Gasteiger partial charge in [0.15, 0.2) is 11.2 Å². The highest BCUT2D eigenvalue weighted by Gasteiger charge is 2.41. The Morgan fingerprint density at radius 2 is 1.97 bits per heavy atom. The number of nitrogens with zero attached hydrogens (tertiary/aromatic N) is 5. The third-order valence-corrected chi connectivity index (χ3v) is 6.19. The van der Waals surface area contributed by atoms with E-state index in [1.807, 2.05) is 16.7 Å². The number of hydrogen-bond acceptors (Lipinski definition) is 7. The number of imidazole rings is 1. The van der Waals surface area contributed by atoms with Crippen LogP contribution in [-0.4, -0.2) is 48.4 Å². The van der Waals surface area contributed by atoms with Crippen LogP contribution in [-0.2, 0) is 6.54 Å². The predicted molar refractivity (Wildman–Crippen MR) is 130 cm³/mol. The summed E-state index contributed by atoms with van der Waals surface area (Å²) < 4.78 is 13.8. The molecule has 0 atom stereocenters. The van der Waals surface area contributed by atoms with Crippen LogP contribution in [0.15, 0.2) is 42.9 Å². The maximum atomic E-state index is 8.97. The van der Waals surface area contributed by atoms with E-state index in [1.54, 1.807) is 24.4 Å². The summed E-state index contributed by atoms with van der Waals surface area (Å²) in [6.45, 7) is 2.91. The molecule has 1 aromatic carbocycles. The van der Waals surface area contributed by atoms with Gasteiger partial charge in [-0.15, -0.1) is 0 Å². The molecule has 0 radical (unpaired) electrons. The van der Waals surface area contributed by atoms with Crippen LogP contribution >= 0.6 is 23.2 Å². The Labute approximate surface area is 206 Å². The van der Waals surface area contributed by atoms with Crippen molar-refractivity contribution in [2.75, 3.05) is 13.2 Å². The zero-order valence-corrected chi connectivity index (χ0v) is 20.1. The topological polar surface area (TPSA) is 95.2 Å². The van der Waals surface area contributed by atoms with Crippen LogP contribution in [0.2, 0.25) is 10.0 Å². The molecule has 1 fully saturated rings. The number of aliphatic hydroxyl groups is 1. The number of rotatable bonds is 9. The lowest BCUT2D eigenvalue weighted by Gasteiger charge is -2.12. The minimum Gasteiger partial charge on any atom is -0.493 e. The summed E-state index contributed by atoms with van der Waals surface area (Å²) in [4.78, 5) is 18.2. The van der Waals surface area contributed by atoms with E-state index in [2.05, 4.69) is 21.9 Å². The molecule has 1 N–H and O–H groups in total. The molecule has 5 rings (SSSR count). The molecule has 0 unspecified atom stereocenters. The molecule has 3 aromatic heterocycles. The Bertz CT molecular complexity index is 1340. The van der Waals surface area contributed by atoms with E-state index in [4.69, 9.17) is 42.8 Å². The van der Waals surface area contributed by atoms with Gasteiger partial charge in [-0.05, 0) is 50.1 Å². The smallest absolute Gasteiger partial charge is 0.245 e. The highest BCUT2D eigenvalue weighted by molar-refractivity contribution is 6.33. The zero-order valence-electron chi connectivity index (χ0n) is 18.5. The van der Waals surface area contributed by atoms with Gasteiger partial charge in [-0.3, -0.25) is 4.98 Å². The normalized spacial score (nSPS) is 14.4. The van der Waals surface area contributed by atoms with Gasteiger partial charge >= 0.3 is 0 Å². The fraction of sp³-hybridized carbons (Fsp3) is 0.333. The molecule has 1 aliphatic rings. The van der Waals surface area contributed by atoms with Crippen LogP contribution < -0.4 is 9.47 Å². The van der Waals surface area contributed by atoms with Crippen LogP contribution in [0.4, 0.5) is 0 Å². The lowest BCUT2D eigenvalue weighted by molar-refractivity contribution is 0.194. The summed E-state index contributed by atoms with van der Waals surface area (Å²) in [6, 6.07) is 8.96. The molecule has 8 nitrogen and oxygen atoms in total. The number of aromatic nitrogens is 5. The minimum absolute atomic E-state index is 0.0673. The minimum atomic E-state index is -0.217. The molecule has 3 heterocycles. The maximum Gasteiger partial charge on any atom is 0.245 e. The van der Waals surface area contributed by atoms with E-state index in [1.165, 1.54) is 6.33 Å². The Hall–Kier alpha value is -2.94. The molecule has 0 saturated heterocycles. The molecule has 0 bridgehead atoms. The fourth-order valence-electron chi connectivity index (χ4n) is 3.58. The SMILES string of the molecule is CC1(Oc2ncnc3c2nc(-c2ccc(OCCCO)cc2Cl)n3Cc2cc(Cl)ccn2)CC1. The van der Waals surface area contributed by atoms with E-state index in [9.17, 15) is 0 Å². The molecule has 0 amide bonds. The molecular formula is C24H23Cl2N5O3. The second-order valence-electron chi connectivity index (χ2n) is 8.46. The Morgan fingerprint density at radius 1 is 1.12 bits per heavy atom. The molecular weight excluding hydrogens is 477 g/mol. The highest BCUT2D eigenvalue weighted by Crippen LogP contribution is 2.41. The van der Waals surface area contributed by atoms with Crippen molar-refractivity contribution < 1.29 is 14.6 Å². The summed E-state index contributed by atoms with van der Waals surface area (Å²) in [7, 11) is 0. The second kappa shape index (κ2) is 9.37. The Morgan fingerprint density at radius 3 is 2.71 bits per heavy atom. The van der Waals surface area contributed by atoms with Crippen molar-refractivity contribution in [1.29, 1.82) is 0 Å². The van der Waals surface area contributed by atoms with Gasteiger partial charge in [0, 0.05) is 29.8 Å². The highest BCUT2D eigenvalue weighted by atomic mass is 35.5. The number of pyridine rings is 1. The lowest BCUT2D eigenvalue weighted by atomic mass is 10.2. The van der Waals surface area contributed by atoms with Crippen molar-refractivity contribution in [3.63, 3.8) is 0 Å². The molecule has 10 heteroatoms. The Kier molecular flexibility index (Phi) is 6.29. The number of aliphatic hydroxyl groups excluding tert-OH is 1. The quantitative estimate of drug-likeness (QED) is 0.326. The number of halogens is 2. The van der Waals surface area contributed by atoms with E-state index in [-0.39, 0.29) is 12.2 Å². The first-order valence-corrected chi connectivity index (χ1v) is 11.8. The van der Waals surface area contributed by atoms with Crippen LogP contribution in [0.1, 0.15) is 31.9 Å². The first-order chi connectivity index (χ1) is 16.5. The van der Waals surface area contributed by atoms with E-state index in [0.717, 1.165) is 18.5 Å². The molecule has 0 spiro atoms. The monoisotopic (exact) mass is 499 g/mol. The molecule has 4 aromatic rings. The van der Waals surface area contributed by atoms with Crippen molar-refractivity contribution in [2.45, 2.75) is 38.3 Å². The number of ether oxygens (including phenoxy) is 2. The van der Waals surface area contributed by atoms with Crippen LogP contribution in [0, 0.1) is 0 Å². The third kappa shape index (κ3) is 4.80. The molecule has 1 saturated carbocycles. The first kappa shape index (κ1) is 22.8. The summed E-state index contributed by atoms with van der Waals surface area (Å²) in [5.74, 6) is 1.67. The number of fused-ring (bicyclic) bond motifs is 1. The van der Waals surface area contributed by atoms with Crippen molar-refractivity contribution in [1.82, 2.24) is 24.5 Å². The van der Waals surface area contributed by atoms with Crippen molar-refractivity contribution >= 4 is 34.4 Å². The average Bonchev–Trinajstić information content (AvgIpc) is 3.43. The van der Waals surface area contributed by atoms with Gasteiger partial charge in [0.2, 0.25) is 5.88 Å². The summed E-state index contributed by atoms with van der Waals surface area (Å²) in [5.41, 5.74) is 2.42. The van der Waals surface area contributed by atoms with Crippen LogP contribution in [0.25, 0.3) is 22.6 Å². The largest absolute Gasteiger partial charge is 0.493 e. The van der Waals surface area contributed by atoms with Gasteiger partial charge in [-0.2, -0.15) is 4.98 Å². The number of benzene rings is 1. The molecule has 0 aliphatic heterocycles. The van der Waals surface area contributed by atoms with E-state index in [0.29, 0.717) is 63.8 Å². The summed E-state index contributed by atoms with van der Waals surface area (Å²) >= 11 is 12.9. The maximum absolute atomic E-state index is 8.97. The number of hydrogen-bond donors (Lipinski definition) is 1. The van der Waals surface area contributed by atoms with Gasteiger partial charge in [0.25, 0.3) is 0 Å².